The molecule has 0 bridgehead atoms. The Morgan fingerprint density at radius 1 is 1.65 bits per heavy atom. The smallest absolute Gasteiger partial charge is 0.339 e. The third kappa shape index (κ3) is 3.87. The minimum absolute atomic E-state index is 0.0416. The van der Waals surface area contributed by atoms with Gasteiger partial charge in [0, 0.05) is 15.2 Å². The fraction of sp³-hybridized carbons (Fsp3) is 0.364. The van der Waals surface area contributed by atoms with Gasteiger partial charge in [-0.25, -0.2) is 4.79 Å². The van der Waals surface area contributed by atoms with E-state index in [2.05, 4.69) is 26.0 Å². The van der Waals surface area contributed by atoms with Crippen LogP contribution >= 0.6 is 27.5 Å². The van der Waals surface area contributed by atoms with Crippen LogP contribution in [0, 0.1) is 0 Å². The van der Waals surface area contributed by atoms with Gasteiger partial charge < -0.3 is 15.2 Å². The number of benzene rings is 1. The molecule has 0 aliphatic carbocycles. The van der Waals surface area contributed by atoms with Crippen LogP contribution < -0.4 is 5.32 Å². The van der Waals surface area contributed by atoms with Crippen LogP contribution in [0.5, 0.6) is 0 Å². The van der Waals surface area contributed by atoms with Gasteiger partial charge >= 0.3 is 5.97 Å². The third-order valence-corrected chi connectivity index (χ3v) is 3.07. The molecular weight excluding hydrogens is 309 g/mol. The molecule has 0 aromatic heterocycles. The lowest BCUT2D eigenvalue weighted by Gasteiger charge is -2.21. The summed E-state index contributed by atoms with van der Waals surface area (Å²) < 4.78 is 5.25. The molecule has 0 aliphatic rings. The zero-order valence-corrected chi connectivity index (χ0v) is 11.8. The van der Waals surface area contributed by atoms with Gasteiger partial charge in [-0.05, 0) is 41.1 Å². The maximum absolute atomic E-state index is 11.2. The number of rotatable bonds is 4. The molecule has 0 radical (unpaired) electrons. The molecular formula is C11H13BrClNO3. The van der Waals surface area contributed by atoms with Gasteiger partial charge in [-0.2, -0.15) is 0 Å². The normalized spacial score (nSPS) is 13.9. The van der Waals surface area contributed by atoms with E-state index in [4.69, 9.17) is 11.6 Å². The number of halogens is 2. The van der Waals surface area contributed by atoms with Gasteiger partial charge in [0.15, 0.2) is 5.60 Å². The lowest BCUT2D eigenvalue weighted by Crippen LogP contribution is -2.42. The summed E-state index contributed by atoms with van der Waals surface area (Å²) in [5.41, 5.74) is -0.841. The molecule has 1 rings (SSSR count). The number of carbonyl (C=O) groups excluding carboxylic acids is 1. The summed E-state index contributed by atoms with van der Waals surface area (Å²) in [5, 5.41) is 13.3. The van der Waals surface area contributed by atoms with Gasteiger partial charge in [-0.15, -0.1) is 0 Å². The molecule has 0 saturated carbocycles. The topological polar surface area (TPSA) is 58.6 Å². The summed E-state index contributed by atoms with van der Waals surface area (Å²) in [6.07, 6.45) is 0. The summed E-state index contributed by atoms with van der Waals surface area (Å²) in [6.45, 7) is 1.43. The Balaban J connectivity index is 2.70. The third-order valence-electron chi connectivity index (χ3n) is 2.18. The van der Waals surface area contributed by atoms with Gasteiger partial charge in [0.25, 0.3) is 0 Å². The Labute approximate surface area is 113 Å². The van der Waals surface area contributed by atoms with Crippen molar-refractivity contribution in [2.75, 3.05) is 19.0 Å². The molecule has 6 heteroatoms. The summed E-state index contributed by atoms with van der Waals surface area (Å²) in [7, 11) is 1.23. The van der Waals surface area contributed by atoms with Gasteiger partial charge in [0.1, 0.15) is 0 Å². The highest BCUT2D eigenvalue weighted by Crippen LogP contribution is 2.26. The molecule has 17 heavy (non-hydrogen) atoms. The van der Waals surface area contributed by atoms with E-state index < -0.39 is 11.6 Å². The van der Waals surface area contributed by atoms with Crippen LogP contribution in [0.4, 0.5) is 5.69 Å². The van der Waals surface area contributed by atoms with E-state index in [1.54, 1.807) is 18.2 Å². The number of methoxy groups -OCH3 is 1. The fourth-order valence-corrected chi connectivity index (χ4v) is 2.02. The first-order valence-corrected chi connectivity index (χ1v) is 6.03. The Morgan fingerprint density at radius 3 is 2.82 bits per heavy atom. The lowest BCUT2D eigenvalue weighted by atomic mass is 10.1. The zero-order valence-electron chi connectivity index (χ0n) is 9.46. The van der Waals surface area contributed by atoms with Crippen molar-refractivity contribution in [3.8, 4) is 0 Å². The minimum atomic E-state index is -1.58. The molecule has 1 aromatic carbocycles. The van der Waals surface area contributed by atoms with Crippen LogP contribution in [0.1, 0.15) is 6.92 Å². The van der Waals surface area contributed by atoms with Crippen molar-refractivity contribution in [3.63, 3.8) is 0 Å². The quantitative estimate of drug-likeness (QED) is 0.836. The van der Waals surface area contributed by atoms with Crippen LogP contribution in [0.3, 0.4) is 0 Å². The number of esters is 1. The van der Waals surface area contributed by atoms with E-state index in [9.17, 15) is 9.90 Å². The summed E-state index contributed by atoms with van der Waals surface area (Å²) in [6, 6.07) is 5.18. The molecule has 94 valence electrons. The summed E-state index contributed by atoms with van der Waals surface area (Å²) in [5.74, 6) is -0.685. The number of hydrogen-bond donors (Lipinski definition) is 2. The predicted octanol–water partition coefficient (Wildman–Crippen LogP) is 2.44. The van der Waals surface area contributed by atoms with Crippen LogP contribution in [0.2, 0.25) is 5.02 Å². The van der Waals surface area contributed by atoms with Crippen LogP contribution in [-0.4, -0.2) is 30.3 Å². The highest BCUT2D eigenvalue weighted by Gasteiger charge is 2.31. The van der Waals surface area contributed by atoms with Crippen LogP contribution in [0.25, 0.3) is 0 Å². The van der Waals surface area contributed by atoms with Crippen molar-refractivity contribution in [3.05, 3.63) is 27.7 Å². The van der Waals surface area contributed by atoms with Gasteiger partial charge in [-0.1, -0.05) is 11.6 Å². The van der Waals surface area contributed by atoms with E-state index in [1.807, 2.05) is 0 Å². The van der Waals surface area contributed by atoms with Crippen molar-refractivity contribution >= 4 is 39.2 Å². The second kappa shape index (κ2) is 5.71. The van der Waals surface area contributed by atoms with E-state index >= 15 is 0 Å². The molecule has 4 nitrogen and oxygen atoms in total. The molecule has 1 atom stereocenters. The second-order valence-corrected chi connectivity index (χ2v) is 5.03. The number of ether oxygens (including phenoxy) is 1. The largest absolute Gasteiger partial charge is 0.467 e. The molecule has 0 aliphatic heterocycles. The average molecular weight is 323 g/mol. The van der Waals surface area contributed by atoms with Crippen molar-refractivity contribution in [2.24, 2.45) is 0 Å². The molecule has 1 aromatic rings. The standard InChI is InChI=1S/C11H13BrClNO3/c1-11(16,10(15)17-2)6-14-9-4-3-7(13)5-8(9)12/h3-5,14,16H,6H2,1-2H3. The van der Waals surface area contributed by atoms with Gasteiger partial charge in [0.05, 0.1) is 13.7 Å². The van der Waals surface area contributed by atoms with E-state index in [0.717, 1.165) is 10.2 Å². The Morgan fingerprint density at radius 2 is 2.29 bits per heavy atom. The number of nitrogens with one attached hydrogen (secondary N) is 1. The van der Waals surface area contributed by atoms with Crippen LogP contribution in [0.15, 0.2) is 22.7 Å². The molecule has 0 amide bonds. The van der Waals surface area contributed by atoms with E-state index in [1.165, 1.54) is 14.0 Å². The van der Waals surface area contributed by atoms with Crippen molar-refractivity contribution in [1.29, 1.82) is 0 Å². The maximum atomic E-state index is 11.2. The lowest BCUT2D eigenvalue weighted by molar-refractivity contribution is -0.158. The number of aliphatic hydroxyl groups is 1. The van der Waals surface area contributed by atoms with Crippen LogP contribution in [-0.2, 0) is 9.53 Å². The van der Waals surface area contributed by atoms with Gasteiger partial charge in [0.2, 0.25) is 0 Å². The van der Waals surface area contributed by atoms with Crippen molar-refractivity contribution < 1.29 is 14.6 Å². The van der Waals surface area contributed by atoms with Crippen molar-refractivity contribution in [1.82, 2.24) is 0 Å². The molecule has 0 spiro atoms. The van der Waals surface area contributed by atoms with Gasteiger partial charge in [-0.3, -0.25) is 0 Å². The number of carbonyl (C=O) groups is 1. The molecule has 2 N–H and O–H groups in total. The Hall–Kier alpha value is -0.780. The maximum Gasteiger partial charge on any atom is 0.339 e. The Bertz CT molecular complexity index is 423. The second-order valence-electron chi connectivity index (χ2n) is 3.74. The summed E-state index contributed by atoms with van der Waals surface area (Å²) >= 11 is 9.12. The molecule has 0 heterocycles. The first kappa shape index (κ1) is 14.3. The molecule has 1 unspecified atom stereocenters. The van der Waals surface area contributed by atoms with Crippen molar-refractivity contribution in [2.45, 2.75) is 12.5 Å². The number of hydrogen-bond acceptors (Lipinski definition) is 4. The first-order chi connectivity index (χ1) is 7.86. The monoisotopic (exact) mass is 321 g/mol. The predicted molar refractivity (Wildman–Crippen MR) is 70.3 cm³/mol. The Kier molecular flexibility index (Phi) is 4.80. The minimum Gasteiger partial charge on any atom is -0.467 e. The molecule has 0 saturated heterocycles. The molecule has 0 fully saturated rings. The number of anilines is 1. The first-order valence-electron chi connectivity index (χ1n) is 4.86. The average Bonchev–Trinajstić information content (AvgIpc) is 2.26. The van der Waals surface area contributed by atoms with E-state index in [0.29, 0.717) is 5.02 Å². The highest BCUT2D eigenvalue weighted by atomic mass is 79.9. The zero-order chi connectivity index (χ0) is 13.1. The SMILES string of the molecule is COC(=O)C(C)(O)CNc1ccc(Cl)cc1Br. The highest BCUT2D eigenvalue weighted by molar-refractivity contribution is 9.10. The van der Waals surface area contributed by atoms with E-state index in [-0.39, 0.29) is 6.54 Å². The fourth-order valence-electron chi connectivity index (χ4n) is 1.19. The summed E-state index contributed by atoms with van der Waals surface area (Å²) in [4.78, 5) is 11.2.